The molecule has 3 N–H and O–H groups in total. The van der Waals surface area contributed by atoms with Crippen LogP contribution in [0.3, 0.4) is 0 Å². The Kier molecular flexibility index (Phi) is 6.24. The van der Waals surface area contributed by atoms with Crippen molar-refractivity contribution in [2.24, 2.45) is 0 Å². The van der Waals surface area contributed by atoms with E-state index in [1.54, 1.807) is 6.07 Å². The first-order valence-corrected chi connectivity index (χ1v) is 10.2. The molecule has 0 unspecified atom stereocenters. The molecule has 0 bridgehead atoms. The minimum absolute atomic E-state index is 0.150. The van der Waals surface area contributed by atoms with E-state index >= 15 is 0 Å². The number of hydrogen-bond acceptors (Lipinski definition) is 3. The molecule has 0 radical (unpaired) electrons. The smallest absolute Gasteiger partial charge is 0.251 e. The predicted octanol–water partition coefficient (Wildman–Crippen LogP) is 5.34. The predicted molar refractivity (Wildman–Crippen MR) is 126 cm³/mol. The third-order valence-corrected chi connectivity index (χ3v) is 4.88. The third-order valence-electron chi connectivity index (χ3n) is 4.88. The molecule has 0 saturated carbocycles. The summed E-state index contributed by atoms with van der Waals surface area (Å²) in [5.74, 6) is -0.336. The number of para-hydroxylation sites is 1. The van der Waals surface area contributed by atoms with Gasteiger partial charge in [-0.05, 0) is 59.3 Å². The zero-order valence-corrected chi connectivity index (χ0v) is 17.0. The van der Waals surface area contributed by atoms with E-state index in [0.717, 1.165) is 22.1 Å². The van der Waals surface area contributed by atoms with Gasteiger partial charge in [0.15, 0.2) is 0 Å². The van der Waals surface area contributed by atoms with Gasteiger partial charge >= 0.3 is 0 Å². The Morgan fingerprint density at radius 1 is 0.645 bits per heavy atom. The number of nitrogens with one attached hydrogen (secondary N) is 3. The fourth-order valence-electron chi connectivity index (χ4n) is 3.27. The van der Waals surface area contributed by atoms with Gasteiger partial charge in [-0.1, -0.05) is 48.5 Å². The molecule has 4 aromatic carbocycles. The fraction of sp³-hybridized carbons (Fsp3) is 0.0769. The second kappa shape index (κ2) is 9.59. The van der Waals surface area contributed by atoms with E-state index in [-0.39, 0.29) is 24.8 Å². The Morgan fingerprint density at radius 3 is 2.06 bits per heavy atom. The molecule has 31 heavy (non-hydrogen) atoms. The Bertz CT molecular complexity index is 1190. The normalized spacial score (nSPS) is 10.5. The van der Waals surface area contributed by atoms with Gasteiger partial charge in [0, 0.05) is 35.6 Å². The van der Waals surface area contributed by atoms with Crippen LogP contribution in [-0.2, 0) is 4.79 Å². The topological polar surface area (TPSA) is 70.2 Å². The van der Waals surface area contributed by atoms with E-state index in [0.29, 0.717) is 11.3 Å². The number of hydrogen-bond donors (Lipinski definition) is 3. The summed E-state index contributed by atoms with van der Waals surface area (Å²) in [6.07, 6.45) is 0.198. The molecule has 5 heteroatoms. The number of amides is 2. The van der Waals surface area contributed by atoms with E-state index < -0.39 is 0 Å². The van der Waals surface area contributed by atoms with Crippen molar-refractivity contribution in [2.75, 3.05) is 17.2 Å². The van der Waals surface area contributed by atoms with Crippen LogP contribution >= 0.6 is 0 Å². The van der Waals surface area contributed by atoms with Gasteiger partial charge < -0.3 is 16.0 Å². The standard InChI is InChI=1S/C26H23N3O2/c30-25(29-24-14-12-23(13-15-24)28-22-8-2-1-3-9-22)16-17-27-26(31)21-11-10-19-6-4-5-7-20(19)18-21/h1-15,18,28H,16-17H2,(H,27,31)(H,29,30). The molecule has 0 saturated heterocycles. The van der Waals surface area contributed by atoms with E-state index in [1.165, 1.54) is 0 Å². The SMILES string of the molecule is O=C(CCNC(=O)c1ccc2ccccc2c1)Nc1ccc(Nc2ccccc2)cc1. The van der Waals surface area contributed by atoms with E-state index in [1.807, 2.05) is 91.0 Å². The lowest BCUT2D eigenvalue weighted by molar-refractivity contribution is -0.116. The molecule has 0 aliphatic rings. The molecular weight excluding hydrogens is 386 g/mol. The lowest BCUT2D eigenvalue weighted by Gasteiger charge is -2.09. The summed E-state index contributed by atoms with van der Waals surface area (Å²) in [6.45, 7) is 0.269. The minimum Gasteiger partial charge on any atom is -0.356 e. The summed E-state index contributed by atoms with van der Waals surface area (Å²) in [4.78, 5) is 24.6. The van der Waals surface area contributed by atoms with Gasteiger partial charge in [-0.3, -0.25) is 9.59 Å². The first-order valence-electron chi connectivity index (χ1n) is 10.2. The van der Waals surface area contributed by atoms with Gasteiger partial charge in [-0.25, -0.2) is 0 Å². The maximum absolute atomic E-state index is 12.4. The van der Waals surface area contributed by atoms with Gasteiger partial charge in [-0.2, -0.15) is 0 Å². The highest BCUT2D eigenvalue weighted by atomic mass is 16.2. The average Bonchev–Trinajstić information content (AvgIpc) is 2.80. The van der Waals surface area contributed by atoms with E-state index in [4.69, 9.17) is 0 Å². The van der Waals surface area contributed by atoms with Crippen LogP contribution in [0.15, 0.2) is 97.1 Å². The lowest BCUT2D eigenvalue weighted by Crippen LogP contribution is -2.27. The molecule has 5 nitrogen and oxygen atoms in total. The zero-order valence-electron chi connectivity index (χ0n) is 17.0. The van der Waals surface area contributed by atoms with Crippen LogP contribution in [0.2, 0.25) is 0 Å². The number of benzene rings is 4. The van der Waals surface area contributed by atoms with Crippen molar-refractivity contribution in [3.8, 4) is 0 Å². The Hall–Kier alpha value is -4.12. The van der Waals surface area contributed by atoms with Gasteiger partial charge in [0.05, 0.1) is 0 Å². The second-order valence-electron chi connectivity index (χ2n) is 7.18. The highest BCUT2D eigenvalue weighted by Gasteiger charge is 2.08. The second-order valence-corrected chi connectivity index (χ2v) is 7.18. The van der Waals surface area contributed by atoms with Crippen LogP contribution in [-0.4, -0.2) is 18.4 Å². The zero-order chi connectivity index (χ0) is 21.5. The van der Waals surface area contributed by atoms with Crippen LogP contribution in [0.1, 0.15) is 16.8 Å². The third kappa shape index (κ3) is 5.48. The highest BCUT2D eigenvalue weighted by molar-refractivity contribution is 5.99. The van der Waals surface area contributed by atoms with Crippen molar-refractivity contribution >= 4 is 39.6 Å². The average molecular weight is 409 g/mol. The summed E-state index contributed by atoms with van der Waals surface area (Å²) < 4.78 is 0. The fourth-order valence-corrected chi connectivity index (χ4v) is 3.27. The monoisotopic (exact) mass is 409 g/mol. The molecule has 0 aliphatic carbocycles. The maximum Gasteiger partial charge on any atom is 0.251 e. The van der Waals surface area contributed by atoms with E-state index in [9.17, 15) is 9.59 Å². The number of anilines is 3. The number of fused-ring (bicyclic) bond motifs is 1. The first-order chi connectivity index (χ1) is 15.2. The van der Waals surface area contributed by atoms with Crippen molar-refractivity contribution < 1.29 is 9.59 Å². The van der Waals surface area contributed by atoms with Crippen LogP contribution < -0.4 is 16.0 Å². The van der Waals surface area contributed by atoms with Crippen molar-refractivity contribution in [3.05, 3.63) is 103 Å². The highest BCUT2D eigenvalue weighted by Crippen LogP contribution is 2.19. The van der Waals surface area contributed by atoms with Gasteiger partial charge in [-0.15, -0.1) is 0 Å². The molecule has 0 aliphatic heterocycles. The summed E-state index contributed by atoms with van der Waals surface area (Å²) in [5.41, 5.74) is 3.23. The molecule has 4 aromatic rings. The maximum atomic E-state index is 12.4. The number of carbonyl (C=O) groups is 2. The van der Waals surface area contributed by atoms with Gasteiger partial charge in [0.1, 0.15) is 0 Å². The molecular formula is C26H23N3O2. The molecule has 4 rings (SSSR count). The van der Waals surface area contributed by atoms with Crippen LogP contribution in [0.25, 0.3) is 10.8 Å². The summed E-state index contributed by atoms with van der Waals surface area (Å²) in [7, 11) is 0. The summed E-state index contributed by atoms with van der Waals surface area (Å²) in [6, 6.07) is 30.8. The van der Waals surface area contributed by atoms with Crippen molar-refractivity contribution in [1.29, 1.82) is 0 Å². The Morgan fingerprint density at radius 2 is 1.29 bits per heavy atom. The molecule has 2 amide bonds. The first kappa shape index (κ1) is 20.2. The van der Waals surface area contributed by atoms with Crippen molar-refractivity contribution in [2.45, 2.75) is 6.42 Å². The molecule has 0 spiro atoms. The number of rotatable bonds is 7. The Balaban J connectivity index is 1.24. The molecule has 0 aromatic heterocycles. The van der Waals surface area contributed by atoms with Crippen LogP contribution in [0, 0.1) is 0 Å². The minimum atomic E-state index is -0.185. The van der Waals surface area contributed by atoms with Gasteiger partial charge in [0.25, 0.3) is 5.91 Å². The molecule has 0 heterocycles. The largest absolute Gasteiger partial charge is 0.356 e. The van der Waals surface area contributed by atoms with E-state index in [2.05, 4.69) is 16.0 Å². The van der Waals surface area contributed by atoms with Crippen molar-refractivity contribution in [1.82, 2.24) is 5.32 Å². The lowest BCUT2D eigenvalue weighted by atomic mass is 10.1. The quantitative estimate of drug-likeness (QED) is 0.386. The van der Waals surface area contributed by atoms with Crippen LogP contribution in [0.4, 0.5) is 17.1 Å². The van der Waals surface area contributed by atoms with Crippen molar-refractivity contribution in [3.63, 3.8) is 0 Å². The molecule has 154 valence electrons. The molecule has 0 fully saturated rings. The van der Waals surface area contributed by atoms with Gasteiger partial charge in [0.2, 0.25) is 5.91 Å². The van der Waals surface area contributed by atoms with Crippen LogP contribution in [0.5, 0.6) is 0 Å². The summed E-state index contributed by atoms with van der Waals surface area (Å²) >= 11 is 0. The summed E-state index contributed by atoms with van der Waals surface area (Å²) in [5, 5.41) is 11.1. The molecule has 0 atom stereocenters. The number of carbonyl (C=O) groups excluding carboxylic acids is 2. The Labute approximate surface area is 181 Å².